The summed E-state index contributed by atoms with van der Waals surface area (Å²) < 4.78 is 7.65. The van der Waals surface area contributed by atoms with Gasteiger partial charge in [-0.25, -0.2) is 9.36 Å². The van der Waals surface area contributed by atoms with E-state index < -0.39 is 0 Å². The predicted octanol–water partition coefficient (Wildman–Crippen LogP) is 3.69. The third-order valence-electron chi connectivity index (χ3n) is 4.91. The van der Waals surface area contributed by atoms with E-state index in [1.165, 1.54) is 38.8 Å². The average Bonchev–Trinajstić information content (AvgIpc) is 2.88. The molecule has 0 saturated carbocycles. The van der Waals surface area contributed by atoms with Crippen LogP contribution in [0.25, 0.3) is 0 Å². The molecule has 0 bridgehead atoms. The molecular weight excluding hydrogens is 324 g/mol. The Bertz CT molecular complexity index is 712. The van der Waals surface area contributed by atoms with Crippen LogP contribution in [0.15, 0.2) is 42.7 Å². The van der Waals surface area contributed by atoms with Crippen LogP contribution in [0.2, 0.25) is 0 Å². The number of likely N-dealkylation sites (tertiary alicyclic amines) is 1. The third-order valence-corrected chi connectivity index (χ3v) is 4.91. The van der Waals surface area contributed by atoms with Gasteiger partial charge in [-0.2, -0.15) is 0 Å². The van der Waals surface area contributed by atoms with Crippen LogP contribution in [-0.2, 0) is 6.54 Å². The van der Waals surface area contributed by atoms with Crippen molar-refractivity contribution >= 4 is 5.97 Å². The summed E-state index contributed by atoms with van der Waals surface area (Å²) in [5, 5.41) is 0. The molecule has 0 aliphatic carbocycles. The van der Waals surface area contributed by atoms with E-state index in [1.807, 2.05) is 50.5 Å². The summed E-state index contributed by atoms with van der Waals surface area (Å²) in [6.45, 7) is 8.44. The molecule has 2 aromatic rings. The standard InChI is InChI=1S/C22H29N2O2/c1-18-15-19(2)17-21(16-18)26-22(25)20-7-11-24(12-8-20)14-13-23-9-5-3-4-6-10-23/h7-8,11-12,15-17H,3-6,9-10,13-14H2,1-2H3/q+1. The quantitative estimate of drug-likeness (QED) is 0.467. The summed E-state index contributed by atoms with van der Waals surface area (Å²) >= 11 is 0. The highest BCUT2D eigenvalue weighted by Crippen LogP contribution is 2.17. The fourth-order valence-corrected chi connectivity index (χ4v) is 3.52. The van der Waals surface area contributed by atoms with Crippen LogP contribution < -0.4 is 9.30 Å². The van der Waals surface area contributed by atoms with Gasteiger partial charge in [0.05, 0.1) is 12.1 Å². The molecule has 138 valence electrons. The number of esters is 1. The number of ether oxygens (including phenoxy) is 1. The monoisotopic (exact) mass is 353 g/mol. The van der Waals surface area contributed by atoms with Crippen molar-refractivity contribution in [2.75, 3.05) is 19.6 Å². The molecule has 0 N–H and O–H groups in total. The van der Waals surface area contributed by atoms with Crippen LogP contribution in [0.4, 0.5) is 0 Å². The van der Waals surface area contributed by atoms with E-state index in [0.29, 0.717) is 11.3 Å². The molecule has 1 aromatic heterocycles. The normalized spacial score (nSPS) is 15.5. The van der Waals surface area contributed by atoms with Gasteiger partial charge in [-0.15, -0.1) is 0 Å². The van der Waals surface area contributed by atoms with Gasteiger partial charge in [0.25, 0.3) is 0 Å². The number of aromatic nitrogens is 1. The maximum atomic E-state index is 12.4. The lowest BCUT2D eigenvalue weighted by atomic mass is 10.1. The first-order valence-corrected chi connectivity index (χ1v) is 9.62. The molecule has 0 atom stereocenters. The van der Waals surface area contributed by atoms with Crippen molar-refractivity contribution in [3.63, 3.8) is 0 Å². The summed E-state index contributed by atoms with van der Waals surface area (Å²) in [5.74, 6) is 0.292. The first kappa shape index (κ1) is 18.6. The fourth-order valence-electron chi connectivity index (χ4n) is 3.52. The van der Waals surface area contributed by atoms with Crippen LogP contribution in [0.5, 0.6) is 5.75 Å². The molecule has 1 aliphatic heterocycles. The number of pyridine rings is 1. The van der Waals surface area contributed by atoms with Gasteiger partial charge in [0, 0.05) is 12.1 Å². The van der Waals surface area contributed by atoms with Crippen LogP contribution in [0.3, 0.4) is 0 Å². The Morgan fingerprint density at radius 1 is 1.00 bits per heavy atom. The van der Waals surface area contributed by atoms with Crippen LogP contribution >= 0.6 is 0 Å². The fraction of sp³-hybridized carbons (Fsp3) is 0.455. The van der Waals surface area contributed by atoms with Gasteiger partial charge in [0.2, 0.25) is 0 Å². The van der Waals surface area contributed by atoms with Crippen LogP contribution in [0.1, 0.15) is 47.2 Å². The molecule has 0 spiro atoms. The lowest BCUT2D eigenvalue weighted by Crippen LogP contribution is -2.40. The average molecular weight is 353 g/mol. The number of aryl methyl sites for hydroxylation is 2. The SMILES string of the molecule is Cc1cc(C)cc(OC(=O)c2cc[n+](CCN3CCCCCC3)cc2)c1. The molecule has 4 heteroatoms. The minimum Gasteiger partial charge on any atom is -0.423 e. The smallest absolute Gasteiger partial charge is 0.343 e. The summed E-state index contributed by atoms with van der Waals surface area (Å²) in [7, 11) is 0. The largest absolute Gasteiger partial charge is 0.423 e. The molecule has 1 fully saturated rings. The molecular formula is C22H29N2O2+. The van der Waals surface area contributed by atoms with Crippen molar-refractivity contribution in [1.29, 1.82) is 0 Å². The van der Waals surface area contributed by atoms with Crippen molar-refractivity contribution in [2.45, 2.75) is 46.1 Å². The van der Waals surface area contributed by atoms with Crippen molar-refractivity contribution in [2.24, 2.45) is 0 Å². The van der Waals surface area contributed by atoms with E-state index in [9.17, 15) is 4.79 Å². The molecule has 0 amide bonds. The summed E-state index contributed by atoms with van der Waals surface area (Å²) in [6.07, 6.45) is 9.29. The Hall–Kier alpha value is -2.20. The van der Waals surface area contributed by atoms with Crippen LogP contribution in [0, 0.1) is 13.8 Å². The van der Waals surface area contributed by atoms with E-state index in [2.05, 4.69) is 15.5 Å². The van der Waals surface area contributed by atoms with Crippen molar-refractivity contribution in [3.05, 3.63) is 59.4 Å². The number of hydrogen-bond acceptors (Lipinski definition) is 3. The van der Waals surface area contributed by atoms with E-state index in [0.717, 1.165) is 24.2 Å². The number of carbonyl (C=O) groups is 1. The highest BCUT2D eigenvalue weighted by Gasteiger charge is 2.13. The molecule has 0 unspecified atom stereocenters. The number of hydrogen-bond donors (Lipinski definition) is 0. The molecule has 0 radical (unpaired) electrons. The van der Waals surface area contributed by atoms with E-state index in [4.69, 9.17) is 4.74 Å². The second kappa shape index (κ2) is 8.95. The maximum absolute atomic E-state index is 12.4. The molecule has 4 nitrogen and oxygen atoms in total. The number of nitrogens with zero attached hydrogens (tertiary/aromatic N) is 2. The zero-order chi connectivity index (χ0) is 18.4. The minimum absolute atomic E-state index is 0.310. The van der Waals surface area contributed by atoms with Gasteiger partial charge in [-0.05, 0) is 63.0 Å². The first-order valence-electron chi connectivity index (χ1n) is 9.62. The zero-order valence-electron chi connectivity index (χ0n) is 15.9. The highest BCUT2D eigenvalue weighted by molar-refractivity contribution is 5.90. The Balaban J connectivity index is 1.55. The van der Waals surface area contributed by atoms with Crippen molar-refractivity contribution < 1.29 is 14.1 Å². The zero-order valence-corrected chi connectivity index (χ0v) is 15.9. The summed E-state index contributed by atoms with van der Waals surface area (Å²) in [5.41, 5.74) is 2.76. The summed E-state index contributed by atoms with van der Waals surface area (Å²) in [6, 6.07) is 9.51. The Morgan fingerprint density at radius 2 is 1.62 bits per heavy atom. The molecule has 1 aromatic carbocycles. The van der Waals surface area contributed by atoms with Gasteiger partial charge in [-0.3, -0.25) is 4.90 Å². The minimum atomic E-state index is -0.310. The van der Waals surface area contributed by atoms with E-state index in [-0.39, 0.29) is 5.97 Å². The van der Waals surface area contributed by atoms with Crippen molar-refractivity contribution in [3.8, 4) is 5.75 Å². The van der Waals surface area contributed by atoms with Gasteiger partial charge in [0.15, 0.2) is 18.9 Å². The Labute approximate surface area is 156 Å². The van der Waals surface area contributed by atoms with Gasteiger partial charge in [-0.1, -0.05) is 18.9 Å². The molecule has 3 rings (SSSR count). The molecule has 1 saturated heterocycles. The highest BCUT2D eigenvalue weighted by atomic mass is 16.5. The molecule has 26 heavy (non-hydrogen) atoms. The topological polar surface area (TPSA) is 33.4 Å². The molecule has 2 heterocycles. The van der Waals surface area contributed by atoms with Gasteiger partial charge in [0.1, 0.15) is 5.75 Å². The Kier molecular flexibility index (Phi) is 6.40. The number of benzene rings is 1. The lowest BCUT2D eigenvalue weighted by molar-refractivity contribution is -0.696. The number of rotatable bonds is 5. The van der Waals surface area contributed by atoms with Crippen molar-refractivity contribution in [1.82, 2.24) is 4.90 Å². The van der Waals surface area contributed by atoms with Crippen LogP contribution in [-0.4, -0.2) is 30.5 Å². The number of carbonyl (C=O) groups excluding carboxylic acids is 1. The first-order chi connectivity index (χ1) is 12.6. The Morgan fingerprint density at radius 3 is 2.23 bits per heavy atom. The second-order valence-corrected chi connectivity index (χ2v) is 7.29. The summed E-state index contributed by atoms with van der Waals surface area (Å²) in [4.78, 5) is 14.9. The van der Waals surface area contributed by atoms with Gasteiger partial charge < -0.3 is 4.74 Å². The maximum Gasteiger partial charge on any atom is 0.343 e. The lowest BCUT2D eigenvalue weighted by Gasteiger charge is -2.17. The van der Waals surface area contributed by atoms with E-state index >= 15 is 0 Å². The van der Waals surface area contributed by atoms with E-state index in [1.54, 1.807) is 0 Å². The predicted molar refractivity (Wildman–Crippen MR) is 102 cm³/mol. The second-order valence-electron chi connectivity index (χ2n) is 7.29. The third kappa shape index (κ3) is 5.40. The van der Waals surface area contributed by atoms with Gasteiger partial charge >= 0.3 is 5.97 Å². The molecule has 1 aliphatic rings.